The third kappa shape index (κ3) is 5.20. The number of nitrogens with one attached hydrogen (secondary N) is 2. The topological polar surface area (TPSA) is 67.4 Å². The van der Waals surface area contributed by atoms with Crippen molar-refractivity contribution >= 4 is 40.9 Å². The van der Waals surface area contributed by atoms with Gasteiger partial charge in [0.05, 0.1) is 17.9 Å². The summed E-state index contributed by atoms with van der Waals surface area (Å²) in [6, 6.07) is 5.12. The fourth-order valence-corrected chi connectivity index (χ4v) is 4.38. The molecule has 2 amide bonds. The molecule has 7 heteroatoms. The molecule has 0 bridgehead atoms. The highest BCUT2D eigenvalue weighted by Gasteiger charge is 2.24. The van der Waals surface area contributed by atoms with E-state index in [1.165, 1.54) is 11.8 Å². The van der Waals surface area contributed by atoms with Crippen molar-refractivity contribution in [3.05, 3.63) is 39.4 Å². The summed E-state index contributed by atoms with van der Waals surface area (Å²) in [6.45, 7) is 4.61. The molecule has 2 N–H and O–H groups in total. The minimum Gasteiger partial charge on any atom is -0.496 e. The Hall–Kier alpha value is -1.66. The predicted molar refractivity (Wildman–Crippen MR) is 110 cm³/mol. The first-order chi connectivity index (χ1) is 12.9. The summed E-state index contributed by atoms with van der Waals surface area (Å²) < 4.78 is 5.45. The molecule has 1 saturated carbocycles. The van der Waals surface area contributed by atoms with Gasteiger partial charge in [-0.3, -0.25) is 9.59 Å². The highest BCUT2D eigenvalue weighted by molar-refractivity contribution is 8.04. The van der Waals surface area contributed by atoms with E-state index >= 15 is 0 Å². The van der Waals surface area contributed by atoms with Gasteiger partial charge in [-0.1, -0.05) is 18.5 Å². The van der Waals surface area contributed by atoms with Gasteiger partial charge in [0.2, 0.25) is 0 Å². The number of carbonyl (C=O) groups excluding carboxylic acids is 2. The van der Waals surface area contributed by atoms with Gasteiger partial charge in [0, 0.05) is 16.8 Å². The molecule has 0 atom stereocenters. The van der Waals surface area contributed by atoms with Crippen LogP contribution in [0.3, 0.4) is 0 Å². The number of carbonyl (C=O) groups is 2. The molecule has 1 heterocycles. The Labute approximate surface area is 169 Å². The van der Waals surface area contributed by atoms with E-state index in [0.29, 0.717) is 33.5 Å². The third-order valence-electron chi connectivity index (χ3n) is 5.00. The Balaban J connectivity index is 1.74. The molecule has 2 aliphatic rings. The Morgan fingerprint density at radius 2 is 1.93 bits per heavy atom. The first kappa shape index (κ1) is 20.1. The Morgan fingerprint density at radius 3 is 2.63 bits per heavy atom. The van der Waals surface area contributed by atoms with Crippen molar-refractivity contribution in [3.63, 3.8) is 0 Å². The molecule has 1 aromatic rings. The average Bonchev–Trinajstić information content (AvgIpc) is 2.64. The molecule has 3 rings (SSSR count). The molecule has 1 aliphatic heterocycles. The molecule has 5 nitrogen and oxygen atoms in total. The van der Waals surface area contributed by atoms with Crippen LogP contribution < -0.4 is 10.6 Å². The molecule has 0 aromatic heterocycles. The highest BCUT2D eigenvalue weighted by atomic mass is 35.5. The summed E-state index contributed by atoms with van der Waals surface area (Å²) in [5.41, 5.74) is 0.840. The van der Waals surface area contributed by atoms with Crippen molar-refractivity contribution in [2.75, 3.05) is 17.7 Å². The molecule has 1 fully saturated rings. The minimum absolute atomic E-state index is 0.181. The van der Waals surface area contributed by atoms with Crippen LogP contribution in [0.15, 0.2) is 28.9 Å². The molecule has 0 unspecified atom stereocenters. The number of hydrogen-bond acceptors (Lipinski definition) is 4. The summed E-state index contributed by atoms with van der Waals surface area (Å²) in [6.07, 6.45) is 4.23. The van der Waals surface area contributed by atoms with E-state index < -0.39 is 0 Å². The molecule has 0 spiro atoms. The van der Waals surface area contributed by atoms with Gasteiger partial charge >= 0.3 is 0 Å². The number of anilines is 1. The molecular formula is C20H25ClN2O3S. The van der Waals surface area contributed by atoms with Gasteiger partial charge in [0.15, 0.2) is 0 Å². The zero-order valence-electron chi connectivity index (χ0n) is 15.6. The van der Waals surface area contributed by atoms with E-state index in [1.807, 2.05) is 0 Å². The molecule has 1 aromatic carbocycles. The monoisotopic (exact) mass is 408 g/mol. The minimum atomic E-state index is -0.278. The maximum absolute atomic E-state index is 12.8. The lowest BCUT2D eigenvalue weighted by molar-refractivity contribution is -0.112. The van der Waals surface area contributed by atoms with Gasteiger partial charge in [0.25, 0.3) is 11.8 Å². The second-order valence-corrected chi connectivity index (χ2v) is 8.70. The van der Waals surface area contributed by atoms with Crippen molar-refractivity contribution in [1.82, 2.24) is 5.32 Å². The normalized spacial score (nSPS) is 22.8. The van der Waals surface area contributed by atoms with E-state index in [2.05, 4.69) is 17.6 Å². The maximum Gasteiger partial charge on any atom is 0.265 e. The molecule has 27 heavy (non-hydrogen) atoms. The first-order valence-electron chi connectivity index (χ1n) is 9.32. The molecule has 146 valence electrons. The zero-order valence-corrected chi connectivity index (χ0v) is 17.2. The molecule has 0 saturated heterocycles. The van der Waals surface area contributed by atoms with Crippen LogP contribution >= 0.6 is 23.4 Å². The highest BCUT2D eigenvalue weighted by Crippen LogP contribution is 2.29. The maximum atomic E-state index is 12.8. The van der Waals surface area contributed by atoms with Crippen molar-refractivity contribution in [1.29, 1.82) is 0 Å². The summed E-state index contributed by atoms with van der Waals surface area (Å²) in [4.78, 5) is 26.0. The Bertz CT molecular complexity index is 758. The summed E-state index contributed by atoms with van der Waals surface area (Å²) >= 11 is 7.56. The predicted octanol–water partition coefficient (Wildman–Crippen LogP) is 4.58. The van der Waals surface area contributed by atoms with Crippen molar-refractivity contribution in [2.45, 2.75) is 45.6 Å². The van der Waals surface area contributed by atoms with Crippen LogP contribution in [0.25, 0.3) is 0 Å². The Kier molecular flexibility index (Phi) is 6.71. The lowest BCUT2D eigenvalue weighted by atomic mass is 9.87. The van der Waals surface area contributed by atoms with Crippen molar-refractivity contribution in [3.8, 4) is 0 Å². The summed E-state index contributed by atoms with van der Waals surface area (Å²) in [5, 5.41) is 6.40. The molecule has 1 aliphatic carbocycles. The number of allylic oxidation sites excluding steroid dienone is 1. The second-order valence-electron chi connectivity index (χ2n) is 7.16. The zero-order chi connectivity index (χ0) is 19.4. The van der Waals surface area contributed by atoms with Gasteiger partial charge in [-0.15, -0.1) is 11.8 Å². The summed E-state index contributed by atoms with van der Waals surface area (Å²) in [5.74, 6) is 1.59. The lowest BCUT2D eigenvalue weighted by Crippen LogP contribution is -2.37. The first-order valence-corrected chi connectivity index (χ1v) is 10.7. The van der Waals surface area contributed by atoms with Gasteiger partial charge in [-0.25, -0.2) is 0 Å². The lowest BCUT2D eigenvalue weighted by Gasteiger charge is -2.27. The van der Waals surface area contributed by atoms with Crippen LogP contribution in [0.5, 0.6) is 0 Å². The number of hydrogen-bond donors (Lipinski definition) is 2. The summed E-state index contributed by atoms with van der Waals surface area (Å²) in [7, 11) is 0. The van der Waals surface area contributed by atoms with Crippen molar-refractivity contribution < 1.29 is 14.3 Å². The van der Waals surface area contributed by atoms with E-state index in [-0.39, 0.29) is 17.9 Å². The van der Waals surface area contributed by atoms with Gasteiger partial charge in [-0.05, 0) is 56.7 Å². The van der Waals surface area contributed by atoms with Crippen molar-refractivity contribution in [2.24, 2.45) is 5.92 Å². The standard InChI is InChI=1S/C20H25ClN2O3S/c1-12-3-6-15(7-4-12)22-19(24)16-8-5-14(21)11-17(16)23-20(25)18-13(2)26-9-10-27-18/h5,8,11-12,15H,3-4,6-7,9-10H2,1-2H3,(H,22,24)(H,23,25). The van der Waals surface area contributed by atoms with Crippen LogP contribution in [0.1, 0.15) is 49.9 Å². The number of benzene rings is 1. The van der Waals surface area contributed by atoms with E-state index in [1.54, 1.807) is 25.1 Å². The van der Waals surface area contributed by atoms with E-state index in [4.69, 9.17) is 16.3 Å². The van der Waals surface area contributed by atoms with Gasteiger partial charge in [-0.2, -0.15) is 0 Å². The molecular weight excluding hydrogens is 384 g/mol. The van der Waals surface area contributed by atoms with Crippen LogP contribution in [0.4, 0.5) is 5.69 Å². The Morgan fingerprint density at radius 1 is 1.19 bits per heavy atom. The molecule has 0 radical (unpaired) electrons. The van der Waals surface area contributed by atoms with E-state index in [9.17, 15) is 9.59 Å². The smallest absolute Gasteiger partial charge is 0.265 e. The largest absolute Gasteiger partial charge is 0.496 e. The fourth-order valence-electron chi connectivity index (χ4n) is 3.40. The quantitative estimate of drug-likeness (QED) is 0.765. The fraction of sp³-hybridized carbons (Fsp3) is 0.500. The van der Waals surface area contributed by atoms with Crippen LogP contribution in [0, 0.1) is 5.92 Å². The number of thioether (sulfide) groups is 1. The average molecular weight is 409 g/mol. The van der Waals surface area contributed by atoms with Gasteiger partial charge < -0.3 is 15.4 Å². The van der Waals surface area contributed by atoms with Crippen LogP contribution in [-0.2, 0) is 9.53 Å². The number of rotatable bonds is 4. The van der Waals surface area contributed by atoms with Crippen LogP contribution in [-0.4, -0.2) is 30.2 Å². The second kappa shape index (κ2) is 9.02. The number of halogens is 1. The SMILES string of the molecule is CC1=C(C(=O)Nc2cc(Cl)ccc2C(=O)NC2CCC(C)CC2)SCCO1. The number of amides is 2. The van der Waals surface area contributed by atoms with E-state index in [0.717, 1.165) is 37.4 Å². The van der Waals surface area contributed by atoms with Gasteiger partial charge in [0.1, 0.15) is 10.7 Å². The van der Waals surface area contributed by atoms with Crippen LogP contribution in [0.2, 0.25) is 5.02 Å². The number of ether oxygens (including phenoxy) is 1. The third-order valence-corrected chi connectivity index (χ3v) is 6.37.